The van der Waals surface area contributed by atoms with E-state index in [2.05, 4.69) is 10.6 Å². The molecule has 0 aliphatic heterocycles. The van der Waals surface area contributed by atoms with E-state index in [0.717, 1.165) is 12.8 Å². The number of hydrogen-bond acceptors (Lipinski definition) is 3. The monoisotopic (exact) mass is 352 g/mol. The molecule has 6 nitrogen and oxygen atoms in total. The summed E-state index contributed by atoms with van der Waals surface area (Å²) in [6, 6.07) is 13.5. The number of carbonyl (C=O) groups excluding carboxylic acids is 2. The molecule has 1 unspecified atom stereocenters. The fourth-order valence-electron chi connectivity index (χ4n) is 2.50. The van der Waals surface area contributed by atoms with Crippen LogP contribution >= 0.6 is 0 Å². The summed E-state index contributed by atoms with van der Waals surface area (Å²) < 4.78 is 0. The number of rotatable bonds is 6. The molecule has 2 aromatic carbocycles. The molecule has 1 saturated carbocycles. The summed E-state index contributed by atoms with van der Waals surface area (Å²) in [6.45, 7) is 1.59. The van der Waals surface area contributed by atoms with Crippen molar-refractivity contribution in [2.45, 2.75) is 31.7 Å². The van der Waals surface area contributed by atoms with Crippen LogP contribution in [-0.2, 0) is 4.79 Å². The number of carboxylic acid groups (broad SMARTS) is 1. The molecule has 2 amide bonds. The Morgan fingerprint density at radius 2 is 1.62 bits per heavy atom. The maximum Gasteiger partial charge on any atom is 0.310 e. The van der Waals surface area contributed by atoms with Crippen LogP contribution in [0.15, 0.2) is 48.5 Å². The standard InChI is InChI=1S/C20H20N2O4/c1-12(20(25)26)15-3-2-4-17(11-15)22-19(24)14-7-5-13(6-8-14)18(23)21-16-9-10-16/h2-8,11-12,16H,9-10H2,1H3,(H,21,23)(H,22,24)(H,25,26). The van der Waals surface area contributed by atoms with Crippen LogP contribution in [0.25, 0.3) is 0 Å². The van der Waals surface area contributed by atoms with Gasteiger partial charge in [-0.1, -0.05) is 12.1 Å². The predicted molar refractivity (Wildman–Crippen MR) is 97.4 cm³/mol. The number of anilines is 1. The van der Waals surface area contributed by atoms with Crippen LogP contribution in [0.3, 0.4) is 0 Å². The number of carboxylic acids is 1. The molecule has 0 bridgehead atoms. The third-order valence-corrected chi connectivity index (χ3v) is 4.34. The molecule has 1 fully saturated rings. The number of hydrogen-bond donors (Lipinski definition) is 3. The lowest BCUT2D eigenvalue weighted by atomic mass is 10.0. The molecule has 134 valence electrons. The van der Waals surface area contributed by atoms with Gasteiger partial charge in [0.25, 0.3) is 11.8 Å². The van der Waals surface area contributed by atoms with E-state index in [4.69, 9.17) is 5.11 Å². The Morgan fingerprint density at radius 1 is 1.00 bits per heavy atom. The zero-order valence-electron chi connectivity index (χ0n) is 14.4. The average Bonchev–Trinajstić information content (AvgIpc) is 3.45. The summed E-state index contributed by atoms with van der Waals surface area (Å²) in [6.07, 6.45) is 2.04. The molecule has 6 heteroatoms. The Bertz CT molecular complexity index is 841. The molecule has 1 aliphatic rings. The smallest absolute Gasteiger partial charge is 0.310 e. The van der Waals surface area contributed by atoms with Gasteiger partial charge in [-0.2, -0.15) is 0 Å². The fourth-order valence-corrected chi connectivity index (χ4v) is 2.50. The molecule has 0 saturated heterocycles. The Morgan fingerprint density at radius 3 is 2.19 bits per heavy atom. The second kappa shape index (κ2) is 7.39. The maximum absolute atomic E-state index is 12.4. The van der Waals surface area contributed by atoms with Gasteiger partial charge in [-0.05, 0) is 61.7 Å². The normalized spacial score (nSPS) is 14.3. The quantitative estimate of drug-likeness (QED) is 0.745. The second-order valence-electron chi connectivity index (χ2n) is 6.46. The van der Waals surface area contributed by atoms with Gasteiger partial charge in [-0.25, -0.2) is 0 Å². The highest BCUT2D eigenvalue weighted by molar-refractivity contribution is 6.05. The number of carbonyl (C=O) groups is 3. The van der Waals surface area contributed by atoms with Crippen molar-refractivity contribution in [1.29, 1.82) is 0 Å². The Hall–Kier alpha value is -3.15. The topological polar surface area (TPSA) is 95.5 Å². The van der Waals surface area contributed by atoms with E-state index < -0.39 is 11.9 Å². The van der Waals surface area contributed by atoms with Crippen LogP contribution in [0.2, 0.25) is 0 Å². The van der Waals surface area contributed by atoms with Crippen molar-refractivity contribution >= 4 is 23.5 Å². The molecule has 26 heavy (non-hydrogen) atoms. The Balaban J connectivity index is 1.67. The first-order valence-corrected chi connectivity index (χ1v) is 8.49. The lowest BCUT2D eigenvalue weighted by Crippen LogP contribution is -2.25. The van der Waals surface area contributed by atoms with Crippen LogP contribution in [0.1, 0.15) is 52.0 Å². The van der Waals surface area contributed by atoms with Gasteiger partial charge in [0.1, 0.15) is 0 Å². The molecule has 1 atom stereocenters. The highest BCUT2D eigenvalue weighted by Gasteiger charge is 2.23. The molecule has 0 aromatic heterocycles. The van der Waals surface area contributed by atoms with Gasteiger partial charge in [0, 0.05) is 22.9 Å². The molecule has 3 N–H and O–H groups in total. The largest absolute Gasteiger partial charge is 0.481 e. The summed E-state index contributed by atoms with van der Waals surface area (Å²) >= 11 is 0. The van der Waals surface area contributed by atoms with Gasteiger partial charge in [-0.3, -0.25) is 14.4 Å². The van der Waals surface area contributed by atoms with Crippen molar-refractivity contribution < 1.29 is 19.5 Å². The molecule has 0 spiro atoms. The third-order valence-electron chi connectivity index (χ3n) is 4.34. The maximum atomic E-state index is 12.4. The van der Waals surface area contributed by atoms with Crippen molar-refractivity contribution in [2.24, 2.45) is 0 Å². The van der Waals surface area contributed by atoms with Crippen LogP contribution in [-0.4, -0.2) is 28.9 Å². The van der Waals surface area contributed by atoms with Crippen molar-refractivity contribution in [3.8, 4) is 0 Å². The van der Waals surface area contributed by atoms with Gasteiger partial charge < -0.3 is 15.7 Å². The van der Waals surface area contributed by atoms with E-state index in [-0.39, 0.29) is 17.9 Å². The average molecular weight is 352 g/mol. The van der Waals surface area contributed by atoms with Crippen molar-refractivity contribution in [1.82, 2.24) is 5.32 Å². The molecule has 0 radical (unpaired) electrons. The first-order valence-electron chi connectivity index (χ1n) is 8.49. The van der Waals surface area contributed by atoms with E-state index in [9.17, 15) is 14.4 Å². The Kier molecular flexibility index (Phi) is 5.02. The van der Waals surface area contributed by atoms with Crippen molar-refractivity contribution in [3.63, 3.8) is 0 Å². The molecule has 3 rings (SSSR count). The third kappa shape index (κ3) is 4.27. The Labute approximate surface area is 151 Å². The highest BCUT2D eigenvalue weighted by Crippen LogP contribution is 2.21. The lowest BCUT2D eigenvalue weighted by Gasteiger charge is -2.10. The van der Waals surface area contributed by atoms with Gasteiger partial charge >= 0.3 is 5.97 Å². The highest BCUT2D eigenvalue weighted by atomic mass is 16.4. The van der Waals surface area contributed by atoms with Gasteiger partial charge in [-0.15, -0.1) is 0 Å². The van der Waals surface area contributed by atoms with E-state index in [1.165, 1.54) is 0 Å². The fraction of sp³-hybridized carbons (Fsp3) is 0.250. The van der Waals surface area contributed by atoms with Gasteiger partial charge in [0.15, 0.2) is 0 Å². The molecule has 2 aromatic rings. The van der Waals surface area contributed by atoms with Gasteiger partial charge in [0.05, 0.1) is 5.92 Å². The number of aliphatic carboxylic acids is 1. The summed E-state index contributed by atoms with van der Waals surface area (Å²) in [5, 5.41) is 14.7. The van der Waals surface area contributed by atoms with Crippen LogP contribution in [0.5, 0.6) is 0 Å². The number of benzene rings is 2. The van der Waals surface area contributed by atoms with E-state index in [0.29, 0.717) is 22.4 Å². The first kappa shape index (κ1) is 17.7. The summed E-state index contributed by atoms with van der Waals surface area (Å²) in [5.41, 5.74) is 2.08. The zero-order valence-corrected chi connectivity index (χ0v) is 14.4. The second-order valence-corrected chi connectivity index (χ2v) is 6.46. The first-order chi connectivity index (χ1) is 12.4. The minimum Gasteiger partial charge on any atom is -0.481 e. The molecule has 1 aliphatic carbocycles. The van der Waals surface area contributed by atoms with Crippen LogP contribution in [0.4, 0.5) is 5.69 Å². The molecule has 0 heterocycles. The predicted octanol–water partition coefficient (Wildman–Crippen LogP) is 3.02. The minimum atomic E-state index is -0.923. The molecular weight excluding hydrogens is 332 g/mol. The minimum absolute atomic E-state index is 0.130. The lowest BCUT2D eigenvalue weighted by molar-refractivity contribution is -0.138. The van der Waals surface area contributed by atoms with E-state index in [1.54, 1.807) is 55.5 Å². The molecular formula is C20H20N2O4. The van der Waals surface area contributed by atoms with Crippen LogP contribution < -0.4 is 10.6 Å². The van der Waals surface area contributed by atoms with Crippen LogP contribution in [0, 0.1) is 0 Å². The summed E-state index contributed by atoms with van der Waals surface area (Å²) in [4.78, 5) is 35.4. The van der Waals surface area contributed by atoms with E-state index in [1.807, 2.05) is 0 Å². The number of amides is 2. The van der Waals surface area contributed by atoms with Crippen molar-refractivity contribution in [3.05, 3.63) is 65.2 Å². The number of nitrogens with one attached hydrogen (secondary N) is 2. The SMILES string of the molecule is CC(C(=O)O)c1cccc(NC(=O)c2ccc(C(=O)NC3CC3)cc2)c1. The van der Waals surface area contributed by atoms with Crippen molar-refractivity contribution in [2.75, 3.05) is 5.32 Å². The van der Waals surface area contributed by atoms with Gasteiger partial charge in [0.2, 0.25) is 0 Å². The zero-order chi connectivity index (χ0) is 18.7. The van der Waals surface area contributed by atoms with E-state index >= 15 is 0 Å². The summed E-state index contributed by atoms with van der Waals surface area (Å²) in [5.74, 6) is -2.03. The summed E-state index contributed by atoms with van der Waals surface area (Å²) in [7, 11) is 0.